The minimum Gasteiger partial charge on any atom is -0.300 e. The van der Waals surface area contributed by atoms with Gasteiger partial charge < -0.3 is 0 Å². The molecule has 1 nitrogen and oxygen atoms in total. The number of hydrogen-bond acceptors (Lipinski definition) is 0. The number of unbranched alkanes of at least 4 members (excludes halogenated alkanes) is 9. The van der Waals surface area contributed by atoms with Gasteiger partial charge in [-0.3, -0.25) is 4.90 Å². The van der Waals surface area contributed by atoms with Crippen molar-refractivity contribution in [3.05, 3.63) is 239 Å². The third kappa shape index (κ3) is 11.5. The van der Waals surface area contributed by atoms with Crippen molar-refractivity contribution in [3.8, 4) is 0 Å². The van der Waals surface area contributed by atoms with E-state index in [9.17, 15) is 17.6 Å². The molecule has 127 heavy (non-hydrogen) atoms. The molecule has 0 heterocycles. The van der Waals surface area contributed by atoms with Crippen molar-refractivity contribution in [2.45, 2.75) is 84.5 Å². The maximum absolute atomic E-state index is 19.4. The van der Waals surface area contributed by atoms with E-state index in [1.54, 1.807) is 0 Å². The monoisotopic (exact) mass is 1860 g/mol. The highest BCUT2D eigenvalue weighted by Crippen LogP contribution is 2.54. The molecule has 662 valence electrons. The average Bonchev–Trinajstić information content (AvgIpc) is 0.645. The molecule has 0 aliphatic carbocycles. The Balaban J connectivity index is 0.000000394. The maximum atomic E-state index is 19.4. The lowest BCUT2D eigenvalue weighted by Gasteiger charge is -2.45. The fraction of sp³-hybridized carbons (Fsp3) is 0.176. The van der Waals surface area contributed by atoms with Crippen molar-refractivity contribution >= 4 is 166 Å². The van der Waals surface area contributed by atoms with Gasteiger partial charge in [-0.15, -0.1) is 0 Å². The molecule has 17 aromatic carbocycles. The summed E-state index contributed by atoms with van der Waals surface area (Å²) in [5.41, 5.74) is -0.0797. The minimum absolute atomic E-state index is 0.0797. The van der Waals surface area contributed by atoms with Crippen LogP contribution in [0, 0.1) is 233 Å². The van der Waals surface area contributed by atoms with E-state index in [4.69, 9.17) is 0 Å². The zero-order valence-electron chi connectivity index (χ0n) is 62.5. The molecule has 0 aromatic heterocycles. The first-order chi connectivity index (χ1) is 59.8. The number of nitrogens with one attached hydrogen (secondary N) is 1. The third-order valence-corrected chi connectivity index (χ3v) is 29.3. The SMILES string of the molecule is CCCCCCCCC[NH+](CCCCCC)c1cc(F)c(F)c(F)c1F.Fc1c(F)c2c(F)c(F)c3c(F)c(F)[c]([Al-]([c]4c(F)c(F)c5c(F)c(F)c6c(F)c(F)c(F)c7c(F)c(F)c4c5c67)([c]4c(F)c(F)c5c(F)c(F)c6c(F)c(F)c(F)c7c(F)c(F)c4c5c67)[c]4c(F)c(F)c5c(F)c(F)c6c(F)c(F)c(F)c7c(F)c(F)c4c5c67)c4c(F)c(F)c(c1F)c2c34. The zero-order chi connectivity index (χ0) is 92.8. The van der Waals surface area contributed by atoms with Crippen molar-refractivity contribution in [2.75, 3.05) is 13.1 Å². The van der Waals surface area contributed by atoms with Gasteiger partial charge in [-0.25, -0.2) is 171 Å². The first-order valence-electron chi connectivity index (χ1n) is 37.2. The molecule has 0 bridgehead atoms. The second kappa shape index (κ2) is 30.9. The lowest BCUT2D eigenvalue weighted by Crippen LogP contribution is -3.07. The first-order valence-corrected chi connectivity index (χ1v) is 39.5. The van der Waals surface area contributed by atoms with Crippen LogP contribution >= 0.6 is 0 Å². The molecule has 0 spiro atoms. The van der Waals surface area contributed by atoms with Gasteiger partial charge in [-0.05, 0) is 47.2 Å². The number of benzene rings is 17. The van der Waals surface area contributed by atoms with Crippen LogP contribution < -0.4 is 22.6 Å². The molecular weight excluding hydrogens is 1820 g/mol. The summed E-state index contributed by atoms with van der Waals surface area (Å²) in [6.45, 7) is 5.50. The summed E-state index contributed by atoms with van der Waals surface area (Å²) in [6.07, 6.45) is 11.9. The molecule has 17 rings (SSSR count). The molecule has 1 N–H and O–H groups in total. The summed E-state index contributed by atoms with van der Waals surface area (Å²) in [4.78, 5) is 0.713. The highest BCUT2D eigenvalue weighted by atomic mass is 27.2. The molecule has 17 aromatic rings. The Morgan fingerprint density at radius 3 is 0.512 bits per heavy atom. The van der Waals surface area contributed by atoms with Gasteiger partial charge in [0.15, 0.2) is 203 Å². The van der Waals surface area contributed by atoms with E-state index in [-0.39, 0.29) is 5.69 Å². The summed E-state index contributed by atoms with van der Waals surface area (Å²) >= 11 is -10.9. The van der Waals surface area contributed by atoms with E-state index < -0.39 is 393 Å². The van der Waals surface area contributed by atoms with Crippen LogP contribution in [0.4, 0.5) is 181 Å². The van der Waals surface area contributed by atoms with E-state index in [1.165, 1.54) is 25.7 Å². The first kappa shape index (κ1) is 89.0. The predicted octanol–water partition coefficient (Wildman–Crippen LogP) is 25.8. The predicted molar refractivity (Wildman–Crippen MR) is 382 cm³/mol. The lowest BCUT2D eigenvalue weighted by atomic mass is 9.90. The van der Waals surface area contributed by atoms with Gasteiger partial charge >= 0.3 is 0 Å². The Hall–Kier alpha value is -11.4. The van der Waals surface area contributed by atoms with Crippen molar-refractivity contribution in [2.24, 2.45) is 0 Å². The standard InChI is InChI=1S/C21H33F4N.4C16F9.Al/c1-3-5-7-9-10-11-13-15-26(14-12-8-6-4-2)18-16-17(22)19(23)21(25)20(18)24;4*17-3-1-2-4-5-7(11(20)9(2)18)14(23)16(25)15(24)8(5)13(22)12(21)6(4)10(3)19;/h16H,3-15H2,1-2H3;;;;;/q;;;;;-1/p+1. The highest BCUT2D eigenvalue weighted by molar-refractivity contribution is 7.23. The zero-order valence-corrected chi connectivity index (χ0v) is 63.6. The van der Waals surface area contributed by atoms with Crippen molar-refractivity contribution in [1.29, 1.82) is 0 Å². The highest BCUT2D eigenvalue weighted by Gasteiger charge is 2.56. The Labute approximate surface area is 680 Å². The molecule has 0 fully saturated rings. The molecule has 1 atom stereocenters. The topological polar surface area (TPSA) is 4.44 Å². The smallest absolute Gasteiger partial charge is 0.286 e. The molecule has 0 aliphatic heterocycles. The van der Waals surface area contributed by atoms with E-state index in [2.05, 4.69) is 13.8 Å². The van der Waals surface area contributed by atoms with Gasteiger partial charge in [-0.2, -0.15) is 22.1 Å². The van der Waals surface area contributed by atoms with Gasteiger partial charge in [0.2, 0.25) is 11.6 Å². The van der Waals surface area contributed by atoms with Crippen LogP contribution in [-0.4, -0.2) is 26.2 Å². The molecule has 1 unspecified atom stereocenters. The summed E-state index contributed by atoms with van der Waals surface area (Å²) in [5, 5.41) is -70.8. The number of hydrogen-bond donors (Lipinski definition) is 1. The second-order valence-corrected chi connectivity index (χ2v) is 34.0. The van der Waals surface area contributed by atoms with Crippen LogP contribution in [0.15, 0.2) is 6.07 Å². The van der Waals surface area contributed by atoms with Gasteiger partial charge in [0, 0.05) is 49.2 Å². The van der Waals surface area contributed by atoms with Crippen LogP contribution in [0.5, 0.6) is 0 Å². The molecule has 0 radical (unpaired) electrons. The molecule has 42 heteroatoms. The van der Waals surface area contributed by atoms with Crippen molar-refractivity contribution < 1.29 is 181 Å². The van der Waals surface area contributed by atoms with Crippen LogP contribution in [0.1, 0.15) is 84.5 Å². The summed E-state index contributed by atoms with van der Waals surface area (Å²) in [7, 11) is 0. The fourth-order valence-corrected chi connectivity index (χ4v) is 25.0. The normalized spacial score (nSPS) is 12.9. The molecule has 0 saturated heterocycles. The Morgan fingerprint density at radius 1 is 0.157 bits per heavy atom. The lowest BCUT2D eigenvalue weighted by molar-refractivity contribution is -0.834. The number of halogens is 40. The Morgan fingerprint density at radius 2 is 0.307 bits per heavy atom. The molecule has 0 saturated carbocycles. The molecule has 0 amide bonds. The summed E-state index contributed by atoms with van der Waals surface area (Å²) in [6, 6.07) is 0.824. The molecular formula is C85H34AlF40N. The summed E-state index contributed by atoms with van der Waals surface area (Å²) in [5.74, 6) is -135. The van der Waals surface area contributed by atoms with Gasteiger partial charge in [0.25, 0.3) is 13.1 Å². The van der Waals surface area contributed by atoms with E-state index >= 15 is 158 Å². The third-order valence-electron chi connectivity index (χ3n) is 23.7. The van der Waals surface area contributed by atoms with Crippen molar-refractivity contribution in [1.82, 2.24) is 0 Å². The fourth-order valence-electron chi connectivity index (χ4n) is 18.4. The van der Waals surface area contributed by atoms with E-state index in [0.29, 0.717) is 18.0 Å². The Kier molecular flexibility index (Phi) is 21.7. The van der Waals surface area contributed by atoms with Gasteiger partial charge in [0.05, 0.1) is 77.7 Å². The quantitative estimate of drug-likeness (QED) is 0.0218. The van der Waals surface area contributed by atoms with Crippen LogP contribution in [0.25, 0.3) is 129 Å². The van der Waals surface area contributed by atoms with Gasteiger partial charge in [0.1, 0.15) is 23.3 Å². The van der Waals surface area contributed by atoms with Gasteiger partial charge in [-0.1, -0.05) is 58.8 Å². The van der Waals surface area contributed by atoms with Crippen LogP contribution in [0.2, 0.25) is 0 Å². The average molecular weight is 1860 g/mol. The van der Waals surface area contributed by atoms with Crippen LogP contribution in [-0.2, 0) is 0 Å². The van der Waals surface area contributed by atoms with Crippen molar-refractivity contribution in [3.63, 3.8) is 0 Å². The Bertz CT molecular complexity index is 6870. The minimum atomic E-state index is -10.9. The summed E-state index contributed by atoms with van der Waals surface area (Å²) < 4.78 is 660. The maximum Gasteiger partial charge on any atom is 0.286 e. The number of rotatable bonds is 18. The number of quaternary nitrogens is 1. The van der Waals surface area contributed by atoms with Crippen LogP contribution in [0.3, 0.4) is 0 Å². The van der Waals surface area contributed by atoms with E-state index in [1.807, 2.05) is 0 Å². The molecule has 0 aliphatic rings. The van der Waals surface area contributed by atoms with E-state index in [0.717, 1.165) is 51.0 Å². The second-order valence-electron chi connectivity index (χ2n) is 30.0. The largest absolute Gasteiger partial charge is 0.300 e.